The lowest BCUT2D eigenvalue weighted by Gasteiger charge is -2.39. The van der Waals surface area contributed by atoms with Crippen molar-refractivity contribution in [2.45, 2.75) is 25.8 Å². The molecular weight excluding hydrogens is 176 g/mol. The summed E-state index contributed by atoms with van der Waals surface area (Å²) in [6.07, 6.45) is -1.36. The fourth-order valence-corrected chi connectivity index (χ4v) is 1.72. The minimum atomic E-state index is -2.24. The van der Waals surface area contributed by atoms with Crippen LogP contribution in [0.25, 0.3) is 0 Å². The van der Waals surface area contributed by atoms with Crippen molar-refractivity contribution in [3.8, 4) is 0 Å². The molecule has 78 valence electrons. The summed E-state index contributed by atoms with van der Waals surface area (Å²) in [5, 5.41) is 1.70. The van der Waals surface area contributed by atoms with Crippen LogP contribution in [0.2, 0.25) is 0 Å². The second-order valence-electron chi connectivity index (χ2n) is 3.44. The van der Waals surface area contributed by atoms with Crippen molar-refractivity contribution in [2.75, 3.05) is 26.2 Å². The van der Waals surface area contributed by atoms with Gasteiger partial charge >= 0.3 is 0 Å². The number of alkyl halides is 2. The lowest BCUT2D eigenvalue weighted by molar-refractivity contribution is 0.0191. The first-order chi connectivity index (χ1) is 6.13. The summed E-state index contributed by atoms with van der Waals surface area (Å²) in [7, 11) is 0. The Balaban J connectivity index is 2.42. The highest BCUT2D eigenvalue weighted by Gasteiger charge is 2.25. The maximum atomic E-state index is 12.1. The van der Waals surface area contributed by atoms with Crippen LogP contribution in [0.1, 0.15) is 13.3 Å². The van der Waals surface area contributed by atoms with Crippen LogP contribution in [0.4, 0.5) is 8.78 Å². The second-order valence-corrected chi connectivity index (χ2v) is 3.44. The minimum Gasteiger partial charge on any atom is -0.292 e. The number of hydrogen-bond acceptors (Lipinski definition) is 3. The van der Waals surface area contributed by atoms with Gasteiger partial charge in [0.2, 0.25) is 0 Å². The van der Waals surface area contributed by atoms with E-state index in [0.717, 1.165) is 6.42 Å². The van der Waals surface area contributed by atoms with Gasteiger partial charge in [0.15, 0.2) is 0 Å². The maximum absolute atomic E-state index is 12.1. The molecule has 5 heteroatoms. The molecule has 3 nitrogen and oxygen atoms in total. The van der Waals surface area contributed by atoms with Gasteiger partial charge in [0, 0.05) is 25.7 Å². The molecule has 0 aromatic heterocycles. The van der Waals surface area contributed by atoms with Crippen LogP contribution in [0.5, 0.6) is 0 Å². The number of nitrogens with two attached hydrogens (primary N) is 1. The highest BCUT2D eigenvalue weighted by Crippen LogP contribution is 2.12. The molecule has 0 saturated carbocycles. The van der Waals surface area contributed by atoms with Crippen molar-refractivity contribution in [3.63, 3.8) is 0 Å². The van der Waals surface area contributed by atoms with Crippen molar-refractivity contribution in [1.82, 2.24) is 9.91 Å². The lowest BCUT2D eigenvalue weighted by atomic mass is 10.1. The molecular formula is C8H17F2N3. The summed E-state index contributed by atoms with van der Waals surface area (Å²) in [4.78, 5) is 1.83. The number of hydrogen-bond donors (Lipinski definition) is 1. The van der Waals surface area contributed by atoms with E-state index < -0.39 is 6.43 Å². The van der Waals surface area contributed by atoms with Gasteiger partial charge in [-0.2, -0.15) is 0 Å². The summed E-state index contributed by atoms with van der Waals surface area (Å²) >= 11 is 0. The van der Waals surface area contributed by atoms with Crippen molar-refractivity contribution in [1.29, 1.82) is 0 Å². The van der Waals surface area contributed by atoms with Gasteiger partial charge in [0.25, 0.3) is 6.43 Å². The molecule has 1 aliphatic heterocycles. The Kier molecular flexibility index (Phi) is 4.02. The summed E-state index contributed by atoms with van der Waals surface area (Å²) in [5.74, 6) is 5.61. The Labute approximate surface area is 77.4 Å². The summed E-state index contributed by atoms with van der Waals surface area (Å²) in [5.41, 5.74) is 0. The normalized spacial score (nSPS) is 27.0. The van der Waals surface area contributed by atoms with E-state index in [-0.39, 0.29) is 12.6 Å². The van der Waals surface area contributed by atoms with E-state index in [0.29, 0.717) is 19.6 Å². The molecule has 1 heterocycles. The third-order valence-corrected chi connectivity index (χ3v) is 2.48. The molecule has 0 radical (unpaired) electrons. The molecule has 0 aromatic rings. The predicted molar refractivity (Wildman–Crippen MR) is 47.4 cm³/mol. The highest BCUT2D eigenvalue weighted by molar-refractivity contribution is 4.79. The van der Waals surface area contributed by atoms with Crippen molar-refractivity contribution < 1.29 is 8.78 Å². The predicted octanol–water partition coefficient (Wildman–Crippen LogP) is 0.521. The topological polar surface area (TPSA) is 32.5 Å². The van der Waals surface area contributed by atoms with Crippen LogP contribution in [-0.2, 0) is 0 Å². The number of hydrazine groups is 1. The molecule has 0 aromatic carbocycles. The monoisotopic (exact) mass is 193 g/mol. The van der Waals surface area contributed by atoms with E-state index >= 15 is 0 Å². The van der Waals surface area contributed by atoms with Crippen LogP contribution in [-0.4, -0.2) is 48.6 Å². The lowest BCUT2D eigenvalue weighted by Crippen LogP contribution is -2.56. The van der Waals surface area contributed by atoms with Crippen LogP contribution >= 0.6 is 0 Å². The third-order valence-electron chi connectivity index (χ3n) is 2.48. The largest absolute Gasteiger partial charge is 0.292 e. The third kappa shape index (κ3) is 3.17. The van der Waals surface area contributed by atoms with E-state index in [9.17, 15) is 8.78 Å². The summed E-state index contributed by atoms with van der Waals surface area (Å²) < 4.78 is 24.3. The van der Waals surface area contributed by atoms with Gasteiger partial charge in [-0.15, -0.1) is 0 Å². The standard InChI is InChI=1S/C8H17F2N3/c1-2-7-5-13(11)4-3-12(7)6-8(9)10/h7-8H,2-6,11H2,1H3. The SMILES string of the molecule is CCC1CN(N)CCN1CC(F)F. The molecule has 1 fully saturated rings. The second kappa shape index (κ2) is 4.83. The van der Waals surface area contributed by atoms with Gasteiger partial charge in [-0.05, 0) is 6.42 Å². The molecule has 1 unspecified atom stereocenters. The quantitative estimate of drug-likeness (QED) is 0.663. The molecule has 0 bridgehead atoms. The highest BCUT2D eigenvalue weighted by atomic mass is 19.3. The van der Waals surface area contributed by atoms with Crippen molar-refractivity contribution in [2.24, 2.45) is 5.84 Å². The number of rotatable bonds is 3. The molecule has 2 N–H and O–H groups in total. The van der Waals surface area contributed by atoms with E-state index in [2.05, 4.69) is 0 Å². The Morgan fingerprint density at radius 2 is 2.15 bits per heavy atom. The Morgan fingerprint density at radius 1 is 1.46 bits per heavy atom. The molecule has 0 spiro atoms. The molecule has 1 saturated heterocycles. The molecule has 13 heavy (non-hydrogen) atoms. The number of piperazine rings is 1. The van der Waals surface area contributed by atoms with Gasteiger partial charge in [-0.3, -0.25) is 10.7 Å². The fraction of sp³-hybridized carbons (Fsp3) is 1.00. The first-order valence-electron chi connectivity index (χ1n) is 4.65. The zero-order valence-electron chi connectivity index (χ0n) is 7.92. The fourth-order valence-electron chi connectivity index (χ4n) is 1.72. The molecule has 1 aliphatic rings. The first kappa shape index (κ1) is 10.8. The van der Waals surface area contributed by atoms with Crippen LogP contribution in [0.3, 0.4) is 0 Å². The van der Waals surface area contributed by atoms with E-state index in [4.69, 9.17) is 5.84 Å². The van der Waals surface area contributed by atoms with Gasteiger partial charge in [-0.25, -0.2) is 13.8 Å². The summed E-state index contributed by atoms with van der Waals surface area (Å²) in [6.45, 7) is 3.92. The minimum absolute atomic E-state index is 0.119. The van der Waals surface area contributed by atoms with Crippen LogP contribution < -0.4 is 5.84 Å². The molecule has 1 atom stereocenters. The van der Waals surface area contributed by atoms with E-state index in [1.165, 1.54) is 0 Å². The van der Waals surface area contributed by atoms with Crippen molar-refractivity contribution >= 4 is 0 Å². The smallest absolute Gasteiger partial charge is 0.251 e. The van der Waals surface area contributed by atoms with Crippen LogP contribution in [0.15, 0.2) is 0 Å². The summed E-state index contributed by atoms with van der Waals surface area (Å²) in [6, 6.07) is 0.188. The molecule has 1 rings (SSSR count). The zero-order chi connectivity index (χ0) is 9.84. The van der Waals surface area contributed by atoms with Crippen molar-refractivity contribution in [3.05, 3.63) is 0 Å². The maximum Gasteiger partial charge on any atom is 0.251 e. The van der Waals surface area contributed by atoms with Gasteiger partial charge in [-0.1, -0.05) is 6.92 Å². The Morgan fingerprint density at radius 3 is 2.69 bits per heavy atom. The van der Waals surface area contributed by atoms with Gasteiger partial charge in [0.1, 0.15) is 0 Å². The first-order valence-corrected chi connectivity index (χ1v) is 4.65. The van der Waals surface area contributed by atoms with E-state index in [1.807, 2.05) is 11.8 Å². The Hall–Kier alpha value is -0.260. The number of halogens is 2. The molecule has 0 amide bonds. The van der Waals surface area contributed by atoms with Gasteiger partial charge in [0.05, 0.1) is 6.54 Å². The number of nitrogens with zero attached hydrogens (tertiary/aromatic N) is 2. The average Bonchev–Trinajstić information content (AvgIpc) is 2.07. The van der Waals surface area contributed by atoms with E-state index in [1.54, 1.807) is 5.01 Å². The Bertz CT molecular complexity index is 154. The average molecular weight is 193 g/mol. The molecule has 0 aliphatic carbocycles. The van der Waals surface area contributed by atoms with Crippen LogP contribution in [0, 0.1) is 0 Å². The zero-order valence-corrected chi connectivity index (χ0v) is 7.92. The van der Waals surface area contributed by atoms with Gasteiger partial charge < -0.3 is 0 Å².